The number of carbonyl (C=O) groups is 1. The summed E-state index contributed by atoms with van der Waals surface area (Å²) in [4.78, 5) is 32.2. The van der Waals surface area contributed by atoms with Crippen molar-refractivity contribution in [3.8, 4) is 0 Å². The molecule has 0 fully saturated rings. The third-order valence-electron chi connectivity index (χ3n) is 4.80. The number of rotatable bonds is 5. The van der Waals surface area contributed by atoms with Gasteiger partial charge in [0.1, 0.15) is 5.82 Å². The van der Waals surface area contributed by atoms with Gasteiger partial charge in [-0.3, -0.25) is 9.36 Å². The summed E-state index contributed by atoms with van der Waals surface area (Å²) in [6.07, 6.45) is 0.635. The van der Waals surface area contributed by atoms with E-state index in [2.05, 4.69) is 21.2 Å². The second kappa shape index (κ2) is 8.56. The van der Waals surface area contributed by atoms with Crippen LogP contribution >= 0.6 is 15.9 Å². The SMILES string of the molecule is CCC(c1nc2ccccc2c(=O)n1C)N(CC)C(=O)Nc1ccccc1Br. The van der Waals surface area contributed by atoms with Crippen LogP contribution in [0.15, 0.2) is 57.8 Å². The van der Waals surface area contributed by atoms with Crippen LogP contribution in [0.25, 0.3) is 10.9 Å². The Morgan fingerprint density at radius 2 is 1.86 bits per heavy atom. The van der Waals surface area contributed by atoms with Crippen molar-refractivity contribution in [2.24, 2.45) is 7.05 Å². The number of nitrogens with zero attached hydrogens (tertiary/aromatic N) is 3. The number of hydrogen-bond donors (Lipinski definition) is 1. The molecule has 0 aliphatic rings. The van der Waals surface area contributed by atoms with Crippen molar-refractivity contribution in [3.05, 3.63) is 69.2 Å². The summed E-state index contributed by atoms with van der Waals surface area (Å²) < 4.78 is 2.36. The van der Waals surface area contributed by atoms with Crippen molar-refractivity contribution >= 4 is 38.6 Å². The molecule has 0 saturated heterocycles. The van der Waals surface area contributed by atoms with Crippen molar-refractivity contribution in [2.75, 3.05) is 11.9 Å². The van der Waals surface area contributed by atoms with Crippen LogP contribution in [-0.2, 0) is 7.05 Å². The first-order valence-corrected chi connectivity index (χ1v) is 10.0. The van der Waals surface area contributed by atoms with Crippen LogP contribution in [0.5, 0.6) is 0 Å². The smallest absolute Gasteiger partial charge is 0.315 e. The molecule has 1 heterocycles. The minimum atomic E-state index is -0.324. The standard InChI is InChI=1S/C21H23BrN4O2/c1-4-18(19-23-16-12-8-6-10-14(16)20(27)25(19)3)26(5-2)21(28)24-17-13-9-7-11-15(17)22/h6-13,18H,4-5H2,1-3H3,(H,24,28). The summed E-state index contributed by atoms with van der Waals surface area (Å²) >= 11 is 3.45. The second-order valence-corrected chi connectivity index (χ2v) is 7.33. The Labute approximate surface area is 172 Å². The average Bonchev–Trinajstić information content (AvgIpc) is 2.70. The maximum Gasteiger partial charge on any atom is 0.322 e. The lowest BCUT2D eigenvalue weighted by atomic mass is 10.1. The molecule has 28 heavy (non-hydrogen) atoms. The topological polar surface area (TPSA) is 67.2 Å². The fourth-order valence-corrected chi connectivity index (χ4v) is 3.71. The van der Waals surface area contributed by atoms with E-state index in [0.29, 0.717) is 35.4 Å². The summed E-state index contributed by atoms with van der Waals surface area (Å²) in [5.41, 5.74) is 1.23. The zero-order chi connectivity index (χ0) is 20.3. The molecule has 1 atom stereocenters. The number of anilines is 1. The van der Waals surface area contributed by atoms with Gasteiger partial charge in [-0.1, -0.05) is 31.2 Å². The maximum absolute atomic E-state index is 13.0. The van der Waals surface area contributed by atoms with Crippen molar-refractivity contribution in [1.29, 1.82) is 0 Å². The highest BCUT2D eigenvalue weighted by atomic mass is 79.9. The molecule has 0 radical (unpaired) electrons. The molecule has 1 N–H and O–H groups in total. The number of halogens is 1. The Balaban J connectivity index is 2.00. The molecule has 0 aliphatic heterocycles. The van der Waals surface area contributed by atoms with Gasteiger partial charge < -0.3 is 10.2 Å². The predicted molar refractivity (Wildman–Crippen MR) is 116 cm³/mol. The summed E-state index contributed by atoms with van der Waals surface area (Å²) in [6, 6.07) is 14.2. The van der Waals surface area contributed by atoms with Gasteiger partial charge in [0.05, 0.1) is 22.6 Å². The number of benzene rings is 2. The fraction of sp³-hybridized carbons (Fsp3) is 0.286. The van der Waals surface area contributed by atoms with E-state index in [1.54, 1.807) is 22.6 Å². The number of fused-ring (bicyclic) bond motifs is 1. The summed E-state index contributed by atoms with van der Waals surface area (Å²) in [5.74, 6) is 0.579. The number of amides is 2. The highest BCUT2D eigenvalue weighted by molar-refractivity contribution is 9.10. The van der Waals surface area contributed by atoms with Crippen molar-refractivity contribution in [3.63, 3.8) is 0 Å². The van der Waals surface area contributed by atoms with E-state index in [0.717, 1.165) is 4.47 Å². The van der Waals surface area contributed by atoms with Crippen LogP contribution < -0.4 is 10.9 Å². The van der Waals surface area contributed by atoms with Crippen molar-refractivity contribution in [1.82, 2.24) is 14.5 Å². The molecular weight excluding hydrogens is 420 g/mol. The molecule has 3 rings (SSSR count). The van der Waals surface area contributed by atoms with Crippen LogP contribution in [0.3, 0.4) is 0 Å². The first kappa shape index (κ1) is 20.1. The van der Waals surface area contributed by atoms with Crippen LogP contribution in [0.2, 0.25) is 0 Å². The van der Waals surface area contributed by atoms with E-state index >= 15 is 0 Å². The minimum absolute atomic E-state index is 0.110. The molecule has 1 unspecified atom stereocenters. The van der Waals surface area contributed by atoms with Gasteiger partial charge >= 0.3 is 6.03 Å². The van der Waals surface area contributed by atoms with E-state index in [4.69, 9.17) is 4.98 Å². The lowest BCUT2D eigenvalue weighted by molar-refractivity contribution is 0.185. The highest BCUT2D eigenvalue weighted by Crippen LogP contribution is 2.26. The van der Waals surface area contributed by atoms with Gasteiger partial charge in [0, 0.05) is 18.1 Å². The molecule has 0 saturated carbocycles. The van der Waals surface area contributed by atoms with E-state index < -0.39 is 0 Å². The van der Waals surface area contributed by atoms with Crippen LogP contribution in [-0.4, -0.2) is 27.0 Å². The van der Waals surface area contributed by atoms with Gasteiger partial charge in [-0.25, -0.2) is 9.78 Å². The molecule has 0 bridgehead atoms. The van der Waals surface area contributed by atoms with Gasteiger partial charge in [0.25, 0.3) is 5.56 Å². The molecular formula is C21H23BrN4O2. The Bertz CT molecular complexity index is 1060. The minimum Gasteiger partial charge on any atom is -0.315 e. The van der Waals surface area contributed by atoms with Crippen LogP contribution in [0, 0.1) is 0 Å². The Hall–Kier alpha value is -2.67. The number of para-hydroxylation sites is 2. The Morgan fingerprint density at radius 3 is 2.54 bits per heavy atom. The molecule has 2 aromatic carbocycles. The first-order valence-electron chi connectivity index (χ1n) is 9.25. The first-order chi connectivity index (χ1) is 13.5. The lowest BCUT2D eigenvalue weighted by Crippen LogP contribution is -2.40. The Kier molecular flexibility index (Phi) is 6.14. The van der Waals surface area contributed by atoms with Crippen molar-refractivity contribution in [2.45, 2.75) is 26.3 Å². The largest absolute Gasteiger partial charge is 0.322 e. The normalized spacial score (nSPS) is 12.0. The van der Waals surface area contributed by atoms with E-state index in [9.17, 15) is 9.59 Å². The number of carbonyl (C=O) groups excluding carboxylic acids is 1. The summed E-state index contributed by atoms with van der Waals surface area (Å²) in [6.45, 7) is 4.39. The van der Waals surface area contributed by atoms with Gasteiger partial charge in [-0.05, 0) is 53.5 Å². The van der Waals surface area contributed by atoms with Gasteiger partial charge in [-0.2, -0.15) is 0 Å². The molecule has 6 nitrogen and oxygen atoms in total. The third kappa shape index (κ3) is 3.80. The number of nitrogens with one attached hydrogen (secondary N) is 1. The van der Waals surface area contributed by atoms with E-state index in [1.165, 1.54) is 0 Å². The quantitative estimate of drug-likeness (QED) is 0.622. The van der Waals surface area contributed by atoms with Crippen LogP contribution in [0.1, 0.15) is 32.1 Å². The van der Waals surface area contributed by atoms with Gasteiger partial charge in [0.2, 0.25) is 0 Å². The van der Waals surface area contributed by atoms with Gasteiger partial charge in [-0.15, -0.1) is 0 Å². The molecule has 2 amide bonds. The highest BCUT2D eigenvalue weighted by Gasteiger charge is 2.27. The maximum atomic E-state index is 13.0. The molecule has 0 spiro atoms. The zero-order valence-corrected chi connectivity index (χ0v) is 17.7. The van der Waals surface area contributed by atoms with Crippen molar-refractivity contribution < 1.29 is 4.79 Å². The Morgan fingerprint density at radius 1 is 1.18 bits per heavy atom. The van der Waals surface area contributed by atoms with Gasteiger partial charge in [0.15, 0.2) is 0 Å². The third-order valence-corrected chi connectivity index (χ3v) is 5.49. The van der Waals surface area contributed by atoms with Crippen LogP contribution in [0.4, 0.5) is 10.5 Å². The number of urea groups is 1. The summed E-state index contributed by atoms with van der Waals surface area (Å²) in [7, 11) is 1.71. The monoisotopic (exact) mass is 442 g/mol. The number of hydrogen-bond acceptors (Lipinski definition) is 3. The van der Waals surface area contributed by atoms with E-state index in [-0.39, 0.29) is 17.6 Å². The molecule has 7 heteroatoms. The average molecular weight is 443 g/mol. The molecule has 146 valence electrons. The number of aromatic nitrogens is 2. The van der Waals surface area contributed by atoms with E-state index in [1.807, 2.05) is 56.3 Å². The molecule has 0 aliphatic carbocycles. The second-order valence-electron chi connectivity index (χ2n) is 6.47. The zero-order valence-electron chi connectivity index (χ0n) is 16.1. The fourth-order valence-electron chi connectivity index (χ4n) is 3.33. The summed E-state index contributed by atoms with van der Waals surface area (Å²) in [5, 5.41) is 3.52. The molecule has 1 aromatic heterocycles. The predicted octanol–water partition coefficient (Wildman–Crippen LogP) is 4.70. The lowest BCUT2D eigenvalue weighted by Gasteiger charge is -2.31. The molecule has 3 aromatic rings.